The van der Waals surface area contributed by atoms with Crippen molar-refractivity contribution in [3.63, 3.8) is 0 Å². The van der Waals surface area contributed by atoms with Gasteiger partial charge in [-0.25, -0.2) is 0 Å². The molecule has 0 bridgehead atoms. The minimum absolute atomic E-state index is 0.120. The number of aliphatic hydroxyl groups is 1. The fourth-order valence-electron chi connectivity index (χ4n) is 2.13. The molecule has 1 amide bonds. The van der Waals surface area contributed by atoms with E-state index in [2.05, 4.69) is 10.6 Å². The second kappa shape index (κ2) is 4.28. The molecule has 0 aromatic heterocycles. The average Bonchev–Trinajstić information content (AvgIpc) is 2.62. The van der Waals surface area contributed by atoms with Crippen LogP contribution < -0.4 is 10.6 Å². The van der Waals surface area contributed by atoms with Gasteiger partial charge in [0.05, 0.1) is 12.0 Å². The van der Waals surface area contributed by atoms with E-state index in [-0.39, 0.29) is 17.9 Å². The van der Waals surface area contributed by atoms with Crippen molar-refractivity contribution in [3.05, 3.63) is 0 Å². The highest BCUT2D eigenvalue weighted by Gasteiger charge is 2.28. The Balaban J connectivity index is 1.62. The lowest BCUT2D eigenvalue weighted by Crippen LogP contribution is -2.40. The summed E-state index contributed by atoms with van der Waals surface area (Å²) < 4.78 is 0. The molecule has 2 rings (SSSR count). The van der Waals surface area contributed by atoms with Crippen LogP contribution in [0.1, 0.15) is 19.3 Å². The van der Waals surface area contributed by atoms with E-state index in [0.29, 0.717) is 5.92 Å². The van der Waals surface area contributed by atoms with Crippen molar-refractivity contribution in [1.82, 2.24) is 10.6 Å². The molecule has 1 atom stereocenters. The Morgan fingerprint density at radius 1 is 1.50 bits per heavy atom. The number of hydrogen-bond donors (Lipinski definition) is 3. The van der Waals surface area contributed by atoms with Crippen LogP contribution in [0, 0.1) is 11.8 Å². The zero-order valence-corrected chi connectivity index (χ0v) is 8.33. The fourth-order valence-corrected chi connectivity index (χ4v) is 2.13. The van der Waals surface area contributed by atoms with Crippen LogP contribution >= 0.6 is 0 Å². The summed E-state index contributed by atoms with van der Waals surface area (Å²) in [4.78, 5) is 11.6. The number of amides is 1. The number of hydrogen-bond acceptors (Lipinski definition) is 3. The lowest BCUT2D eigenvalue weighted by Gasteiger charge is -2.31. The third-order valence-corrected chi connectivity index (χ3v) is 3.21. The Labute approximate surface area is 84.1 Å². The highest BCUT2D eigenvalue weighted by atomic mass is 16.3. The summed E-state index contributed by atoms with van der Waals surface area (Å²) in [5.74, 6) is 0.847. The van der Waals surface area contributed by atoms with E-state index >= 15 is 0 Å². The lowest BCUT2D eigenvalue weighted by molar-refractivity contribution is -0.125. The normalized spacial score (nSPS) is 36.5. The van der Waals surface area contributed by atoms with Crippen molar-refractivity contribution in [2.75, 3.05) is 19.6 Å². The molecular formula is C10H18N2O2. The van der Waals surface area contributed by atoms with Crippen LogP contribution in [0.2, 0.25) is 0 Å². The van der Waals surface area contributed by atoms with E-state index in [9.17, 15) is 4.79 Å². The van der Waals surface area contributed by atoms with Crippen molar-refractivity contribution in [2.45, 2.75) is 25.4 Å². The summed E-state index contributed by atoms with van der Waals surface area (Å²) in [5, 5.41) is 15.2. The van der Waals surface area contributed by atoms with Gasteiger partial charge >= 0.3 is 0 Å². The Kier molecular flexibility index (Phi) is 3.03. The van der Waals surface area contributed by atoms with Gasteiger partial charge in [-0.3, -0.25) is 4.79 Å². The fraction of sp³-hybridized carbons (Fsp3) is 0.900. The van der Waals surface area contributed by atoms with Crippen LogP contribution in [0.5, 0.6) is 0 Å². The first kappa shape index (κ1) is 9.93. The standard InChI is InChI=1S/C10H18N2O2/c13-9-3-7(4-9)5-12-10(14)8-1-2-11-6-8/h7-9,11,13H,1-6H2,(H,12,14). The molecule has 1 saturated carbocycles. The molecule has 1 heterocycles. The molecule has 0 spiro atoms. The monoisotopic (exact) mass is 198 g/mol. The molecule has 3 N–H and O–H groups in total. The van der Waals surface area contributed by atoms with Gasteiger partial charge in [0.15, 0.2) is 0 Å². The van der Waals surface area contributed by atoms with Gasteiger partial charge in [-0.05, 0) is 31.7 Å². The van der Waals surface area contributed by atoms with Crippen molar-refractivity contribution in [2.24, 2.45) is 11.8 Å². The first-order valence-electron chi connectivity index (χ1n) is 5.42. The van der Waals surface area contributed by atoms with Crippen LogP contribution in [0.25, 0.3) is 0 Å². The summed E-state index contributed by atoms with van der Waals surface area (Å²) >= 11 is 0. The molecule has 14 heavy (non-hydrogen) atoms. The number of carbonyl (C=O) groups is 1. The number of rotatable bonds is 3. The van der Waals surface area contributed by atoms with E-state index < -0.39 is 0 Å². The van der Waals surface area contributed by atoms with Crippen LogP contribution in [0.3, 0.4) is 0 Å². The van der Waals surface area contributed by atoms with Crippen LogP contribution in [-0.4, -0.2) is 36.8 Å². The summed E-state index contributed by atoms with van der Waals surface area (Å²) in [7, 11) is 0. The van der Waals surface area contributed by atoms with E-state index in [1.165, 1.54) is 0 Å². The Bertz CT molecular complexity index is 208. The van der Waals surface area contributed by atoms with Gasteiger partial charge in [0.25, 0.3) is 0 Å². The SMILES string of the molecule is O=C(NCC1CC(O)C1)C1CCNC1. The molecule has 0 aromatic carbocycles. The van der Waals surface area contributed by atoms with Gasteiger partial charge in [0.2, 0.25) is 5.91 Å². The summed E-state index contributed by atoms with van der Waals surface area (Å²) in [5.41, 5.74) is 0. The Hall–Kier alpha value is -0.610. The molecule has 1 saturated heterocycles. The minimum atomic E-state index is -0.120. The predicted octanol–water partition coefficient (Wildman–Crippen LogP) is -0.517. The quantitative estimate of drug-likeness (QED) is 0.572. The second-order valence-corrected chi connectivity index (χ2v) is 4.43. The highest BCUT2D eigenvalue weighted by Crippen LogP contribution is 2.26. The van der Waals surface area contributed by atoms with Gasteiger partial charge in [0.1, 0.15) is 0 Å². The molecule has 0 radical (unpaired) electrons. The largest absolute Gasteiger partial charge is 0.393 e. The third-order valence-electron chi connectivity index (χ3n) is 3.21. The first-order valence-corrected chi connectivity index (χ1v) is 5.42. The zero-order valence-electron chi connectivity index (χ0n) is 8.33. The molecule has 2 aliphatic rings. The molecule has 1 aliphatic heterocycles. The number of aliphatic hydroxyl groups excluding tert-OH is 1. The zero-order chi connectivity index (χ0) is 9.97. The second-order valence-electron chi connectivity index (χ2n) is 4.43. The summed E-state index contributed by atoms with van der Waals surface area (Å²) in [6.45, 7) is 2.52. The predicted molar refractivity (Wildman–Crippen MR) is 52.7 cm³/mol. The molecule has 4 heteroatoms. The number of nitrogens with one attached hydrogen (secondary N) is 2. The molecular weight excluding hydrogens is 180 g/mol. The van der Waals surface area contributed by atoms with Gasteiger partial charge in [-0.15, -0.1) is 0 Å². The van der Waals surface area contributed by atoms with Gasteiger partial charge in [0, 0.05) is 13.1 Å². The molecule has 4 nitrogen and oxygen atoms in total. The van der Waals surface area contributed by atoms with Crippen LogP contribution in [0.15, 0.2) is 0 Å². The van der Waals surface area contributed by atoms with Crippen molar-refractivity contribution in [1.29, 1.82) is 0 Å². The van der Waals surface area contributed by atoms with Gasteiger partial charge < -0.3 is 15.7 Å². The summed E-state index contributed by atoms with van der Waals surface area (Å²) in [6, 6.07) is 0. The number of carbonyl (C=O) groups excluding carboxylic acids is 1. The minimum Gasteiger partial charge on any atom is -0.393 e. The molecule has 0 aromatic rings. The van der Waals surface area contributed by atoms with Gasteiger partial charge in [-0.1, -0.05) is 0 Å². The van der Waals surface area contributed by atoms with E-state index in [4.69, 9.17) is 5.11 Å². The van der Waals surface area contributed by atoms with Crippen molar-refractivity contribution < 1.29 is 9.90 Å². The average molecular weight is 198 g/mol. The molecule has 80 valence electrons. The maximum Gasteiger partial charge on any atom is 0.224 e. The maximum atomic E-state index is 11.6. The van der Waals surface area contributed by atoms with E-state index in [1.807, 2.05) is 0 Å². The summed E-state index contributed by atoms with van der Waals surface area (Å²) in [6.07, 6.45) is 2.54. The van der Waals surface area contributed by atoms with Crippen LogP contribution in [-0.2, 0) is 4.79 Å². The highest BCUT2D eigenvalue weighted by molar-refractivity contribution is 5.79. The van der Waals surface area contributed by atoms with Crippen LogP contribution in [0.4, 0.5) is 0 Å². The first-order chi connectivity index (χ1) is 6.75. The Morgan fingerprint density at radius 2 is 2.29 bits per heavy atom. The van der Waals surface area contributed by atoms with E-state index in [0.717, 1.165) is 38.9 Å². The molecule has 2 fully saturated rings. The third kappa shape index (κ3) is 2.25. The topological polar surface area (TPSA) is 61.4 Å². The van der Waals surface area contributed by atoms with Crippen molar-refractivity contribution in [3.8, 4) is 0 Å². The van der Waals surface area contributed by atoms with E-state index in [1.54, 1.807) is 0 Å². The van der Waals surface area contributed by atoms with Gasteiger partial charge in [-0.2, -0.15) is 0 Å². The molecule has 1 aliphatic carbocycles. The smallest absolute Gasteiger partial charge is 0.224 e. The molecule has 1 unspecified atom stereocenters. The van der Waals surface area contributed by atoms with Crippen molar-refractivity contribution >= 4 is 5.91 Å². The Morgan fingerprint density at radius 3 is 2.86 bits per heavy atom. The lowest BCUT2D eigenvalue weighted by atomic mass is 9.82. The maximum absolute atomic E-state index is 11.6.